The average Bonchev–Trinajstić information content (AvgIpc) is 2.01. The minimum absolute atomic E-state index is 0.00583. The summed E-state index contributed by atoms with van der Waals surface area (Å²) in [6.45, 7) is 1.80. The van der Waals surface area contributed by atoms with E-state index in [0.29, 0.717) is 6.54 Å². The van der Waals surface area contributed by atoms with E-state index in [1.165, 1.54) is 4.90 Å². The predicted octanol–water partition coefficient (Wildman–Crippen LogP) is -1.24. The maximum Gasteiger partial charge on any atom is 0.317 e. The third kappa shape index (κ3) is 2.29. The first-order chi connectivity index (χ1) is 6.54. The molecule has 1 heterocycles. The molecule has 1 N–H and O–H groups in total. The van der Waals surface area contributed by atoms with E-state index in [-0.39, 0.29) is 31.4 Å². The molecule has 0 unspecified atom stereocenters. The number of hydrogen-bond acceptors (Lipinski definition) is 4. The van der Waals surface area contributed by atoms with Crippen LogP contribution in [0.5, 0.6) is 0 Å². The Morgan fingerprint density at radius 3 is 2.21 bits per heavy atom. The number of piperazine rings is 1. The van der Waals surface area contributed by atoms with Crippen molar-refractivity contribution in [2.75, 3.05) is 26.2 Å². The Hall–Kier alpha value is -1.43. The summed E-state index contributed by atoms with van der Waals surface area (Å²) in [6.07, 6.45) is 0. The maximum atomic E-state index is 11.3. The second-order valence-electron chi connectivity index (χ2n) is 3.07. The van der Waals surface area contributed by atoms with Gasteiger partial charge in [0.15, 0.2) is 0 Å². The monoisotopic (exact) mass is 200 g/mol. The van der Waals surface area contributed by atoms with Gasteiger partial charge in [0.1, 0.15) is 0 Å². The van der Waals surface area contributed by atoms with Crippen molar-refractivity contribution in [3.8, 4) is 0 Å². The zero-order chi connectivity index (χ0) is 10.7. The fourth-order valence-corrected chi connectivity index (χ4v) is 1.40. The van der Waals surface area contributed by atoms with Gasteiger partial charge in [-0.15, -0.1) is 0 Å². The van der Waals surface area contributed by atoms with Gasteiger partial charge >= 0.3 is 5.97 Å². The number of carboxylic acid groups (broad SMARTS) is 1. The molecule has 1 fully saturated rings. The highest BCUT2D eigenvalue weighted by Crippen LogP contribution is 2.03. The molecule has 0 aromatic carbocycles. The zero-order valence-electron chi connectivity index (χ0n) is 7.89. The lowest BCUT2D eigenvalue weighted by Gasteiger charge is -2.30. The summed E-state index contributed by atoms with van der Waals surface area (Å²) >= 11 is 0. The van der Waals surface area contributed by atoms with E-state index < -0.39 is 5.97 Å². The van der Waals surface area contributed by atoms with Crippen LogP contribution in [0.3, 0.4) is 0 Å². The van der Waals surface area contributed by atoms with Crippen molar-refractivity contribution in [1.82, 2.24) is 9.80 Å². The van der Waals surface area contributed by atoms with Crippen molar-refractivity contribution in [2.45, 2.75) is 6.92 Å². The first-order valence-corrected chi connectivity index (χ1v) is 4.32. The van der Waals surface area contributed by atoms with Gasteiger partial charge in [-0.05, 0) is 6.92 Å². The van der Waals surface area contributed by atoms with Gasteiger partial charge in [0, 0.05) is 6.54 Å². The first kappa shape index (κ1) is 10.6. The van der Waals surface area contributed by atoms with Crippen molar-refractivity contribution in [3.05, 3.63) is 0 Å². The SMILES string of the molecule is CCN1C(=O)CN(CC(=O)O)CC1=O. The summed E-state index contributed by atoms with van der Waals surface area (Å²) in [5.41, 5.74) is 0. The Balaban J connectivity index is 2.61. The molecule has 0 saturated carbocycles. The standard InChI is InChI=1S/C8H12N2O4/c1-2-10-6(11)3-9(4-7(10)12)5-8(13)14/h2-5H2,1H3,(H,13,14). The van der Waals surface area contributed by atoms with Gasteiger partial charge in [-0.2, -0.15) is 0 Å². The fraction of sp³-hybridized carbons (Fsp3) is 0.625. The van der Waals surface area contributed by atoms with Gasteiger partial charge < -0.3 is 5.11 Å². The quantitative estimate of drug-likeness (QED) is 0.577. The van der Waals surface area contributed by atoms with Crippen LogP contribution in [0.4, 0.5) is 0 Å². The Bertz CT molecular complexity index is 259. The number of carbonyl (C=O) groups excluding carboxylic acids is 2. The molecule has 1 saturated heterocycles. The molecule has 0 radical (unpaired) electrons. The Morgan fingerprint density at radius 1 is 1.36 bits per heavy atom. The summed E-state index contributed by atoms with van der Waals surface area (Å²) < 4.78 is 0. The molecule has 78 valence electrons. The van der Waals surface area contributed by atoms with Crippen LogP contribution in [0.1, 0.15) is 6.92 Å². The molecule has 6 nitrogen and oxygen atoms in total. The summed E-state index contributed by atoms with van der Waals surface area (Å²) in [5, 5.41) is 8.48. The molecule has 14 heavy (non-hydrogen) atoms. The molecule has 0 spiro atoms. The number of aliphatic carboxylic acids is 1. The second kappa shape index (κ2) is 4.19. The first-order valence-electron chi connectivity index (χ1n) is 4.32. The van der Waals surface area contributed by atoms with Crippen LogP contribution in [0.25, 0.3) is 0 Å². The van der Waals surface area contributed by atoms with E-state index in [0.717, 1.165) is 4.90 Å². The number of nitrogens with zero attached hydrogens (tertiary/aromatic N) is 2. The van der Waals surface area contributed by atoms with E-state index in [2.05, 4.69) is 0 Å². The second-order valence-corrected chi connectivity index (χ2v) is 3.07. The number of carboxylic acids is 1. The van der Waals surface area contributed by atoms with Crippen molar-refractivity contribution >= 4 is 17.8 Å². The Labute approximate surface area is 81.1 Å². The van der Waals surface area contributed by atoms with Crippen LogP contribution >= 0.6 is 0 Å². The highest BCUT2D eigenvalue weighted by atomic mass is 16.4. The van der Waals surface area contributed by atoms with Crippen molar-refractivity contribution in [1.29, 1.82) is 0 Å². The Morgan fingerprint density at radius 2 is 1.86 bits per heavy atom. The number of hydrogen-bond donors (Lipinski definition) is 1. The van der Waals surface area contributed by atoms with E-state index in [1.54, 1.807) is 6.92 Å². The van der Waals surface area contributed by atoms with Crippen LogP contribution in [0.2, 0.25) is 0 Å². The highest BCUT2D eigenvalue weighted by molar-refractivity contribution is 5.99. The summed E-state index contributed by atoms with van der Waals surface area (Å²) in [7, 11) is 0. The third-order valence-corrected chi connectivity index (χ3v) is 1.99. The van der Waals surface area contributed by atoms with Gasteiger partial charge in [-0.25, -0.2) is 0 Å². The molecule has 2 amide bonds. The van der Waals surface area contributed by atoms with Gasteiger partial charge in [0.25, 0.3) is 0 Å². The fourth-order valence-electron chi connectivity index (χ4n) is 1.40. The summed E-state index contributed by atoms with van der Waals surface area (Å²) in [5.74, 6) is -1.69. The largest absolute Gasteiger partial charge is 0.480 e. The number of imide groups is 1. The molecule has 1 aliphatic heterocycles. The molecule has 0 aliphatic carbocycles. The molecule has 0 atom stereocenters. The van der Waals surface area contributed by atoms with Gasteiger partial charge in [0.2, 0.25) is 11.8 Å². The van der Waals surface area contributed by atoms with Crippen LogP contribution in [0, 0.1) is 0 Å². The minimum Gasteiger partial charge on any atom is -0.480 e. The number of carbonyl (C=O) groups is 3. The molecule has 0 bridgehead atoms. The van der Waals surface area contributed by atoms with E-state index >= 15 is 0 Å². The summed E-state index contributed by atoms with van der Waals surface area (Å²) in [4.78, 5) is 35.4. The normalized spacial score (nSPS) is 18.8. The van der Waals surface area contributed by atoms with E-state index in [9.17, 15) is 14.4 Å². The number of amides is 2. The zero-order valence-corrected chi connectivity index (χ0v) is 7.89. The average molecular weight is 200 g/mol. The topological polar surface area (TPSA) is 77.9 Å². The van der Waals surface area contributed by atoms with Crippen LogP contribution in [0.15, 0.2) is 0 Å². The van der Waals surface area contributed by atoms with E-state index in [4.69, 9.17) is 5.11 Å². The van der Waals surface area contributed by atoms with Crippen LogP contribution < -0.4 is 0 Å². The number of rotatable bonds is 3. The van der Waals surface area contributed by atoms with E-state index in [1.807, 2.05) is 0 Å². The Kier molecular flexibility index (Phi) is 3.19. The minimum atomic E-state index is -1.03. The lowest BCUT2D eigenvalue weighted by Crippen LogP contribution is -2.54. The molecular weight excluding hydrogens is 188 g/mol. The lowest BCUT2D eigenvalue weighted by atomic mass is 10.3. The molecule has 0 aromatic rings. The lowest BCUT2D eigenvalue weighted by molar-refractivity contribution is -0.152. The van der Waals surface area contributed by atoms with Crippen LogP contribution in [-0.4, -0.2) is 58.9 Å². The van der Waals surface area contributed by atoms with Crippen molar-refractivity contribution in [2.24, 2.45) is 0 Å². The van der Waals surface area contributed by atoms with Gasteiger partial charge in [0.05, 0.1) is 19.6 Å². The van der Waals surface area contributed by atoms with Gasteiger partial charge in [-0.1, -0.05) is 0 Å². The van der Waals surface area contributed by atoms with Crippen molar-refractivity contribution in [3.63, 3.8) is 0 Å². The third-order valence-electron chi connectivity index (χ3n) is 1.99. The molecular formula is C8H12N2O4. The highest BCUT2D eigenvalue weighted by Gasteiger charge is 2.30. The molecule has 1 aliphatic rings. The van der Waals surface area contributed by atoms with Gasteiger partial charge in [-0.3, -0.25) is 24.2 Å². The van der Waals surface area contributed by atoms with Crippen LogP contribution in [-0.2, 0) is 14.4 Å². The maximum absolute atomic E-state index is 11.3. The molecule has 6 heteroatoms. The predicted molar refractivity (Wildman–Crippen MR) is 46.5 cm³/mol. The molecule has 0 aromatic heterocycles. The number of likely N-dealkylation sites (N-methyl/N-ethyl adjacent to an activating group) is 1. The van der Waals surface area contributed by atoms with Crippen molar-refractivity contribution < 1.29 is 19.5 Å². The summed E-state index contributed by atoms with van der Waals surface area (Å²) in [6, 6.07) is 0. The smallest absolute Gasteiger partial charge is 0.317 e. The molecule has 1 rings (SSSR count).